The average molecular weight is 204 g/mol. The topological polar surface area (TPSA) is 87.0 Å². The standard InChI is InChI=1S/C9H16O5/c1-2-9(13)14-8(6-12)7(5-11)3-4-10/h2,7-8,10-12H,1,3-6H2. The van der Waals surface area contributed by atoms with Crippen LogP contribution in [0.4, 0.5) is 0 Å². The van der Waals surface area contributed by atoms with Crippen molar-refractivity contribution in [2.24, 2.45) is 5.92 Å². The van der Waals surface area contributed by atoms with Crippen LogP contribution in [0.2, 0.25) is 0 Å². The number of carbonyl (C=O) groups excluding carboxylic acids is 1. The fraction of sp³-hybridized carbons (Fsp3) is 0.667. The molecule has 14 heavy (non-hydrogen) atoms. The molecule has 3 N–H and O–H groups in total. The Balaban J connectivity index is 4.19. The molecule has 0 bridgehead atoms. The minimum absolute atomic E-state index is 0.132. The summed E-state index contributed by atoms with van der Waals surface area (Å²) in [6.07, 6.45) is 0.458. The molecule has 0 fully saturated rings. The molecule has 0 amide bonds. The Morgan fingerprint density at radius 1 is 1.36 bits per heavy atom. The molecule has 0 saturated heterocycles. The number of hydrogen-bond donors (Lipinski definition) is 3. The van der Waals surface area contributed by atoms with Crippen LogP contribution in [-0.4, -0.2) is 47.2 Å². The van der Waals surface area contributed by atoms with Crippen molar-refractivity contribution >= 4 is 5.97 Å². The number of ether oxygens (including phenoxy) is 1. The normalized spacial score (nSPS) is 14.5. The van der Waals surface area contributed by atoms with E-state index < -0.39 is 18.0 Å². The van der Waals surface area contributed by atoms with Gasteiger partial charge in [0.1, 0.15) is 6.10 Å². The number of hydrogen-bond acceptors (Lipinski definition) is 5. The Kier molecular flexibility index (Phi) is 7.00. The van der Waals surface area contributed by atoms with Crippen LogP contribution in [0.1, 0.15) is 6.42 Å². The van der Waals surface area contributed by atoms with Crippen molar-refractivity contribution in [3.8, 4) is 0 Å². The van der Waals surface area contributed by atoms with Crippen molar-refractivity contribution in [2.75, 3.05) is 19.8 Å². The highest BCUT2D eigenvalue weighted by molar-refractivity contribution is 5.81. The molecule has 0 aromatic rings. The van der Waals surface area contributed by atoms with Crippen LogP contribution in [0.5, 0.6) is 0 Å². The number of aliphatic hydroxyl groups is 3. The summed E-state index contributed by atoms with van der Waals surface area (Å²) >= 11 is 0. The van der Waals surface area contributed by atoms with Gasteiger partial charge in [-0.1, -0.05) is 6.58 Å². The third-order valence-corrected chi connectivity index (χ3v) is 1.87. The quantitative estimate of drug-likeness (QED) is 0.368. The van der Waals surface area contributed by atoms with Gasteiger partial charge in [-0.3, -0.25) is 0 Å². The monoisotopic (exact) mass is 204 g/mol. The van der Waals surface area contributed by atoms with Crippen molar-refractivity contribution in [3.63, 3.8) is 0 Å². The highest BCUT2D eigenvalue weighted by atomic mass is 16.6. The van der Waals surface area contributed by atoms with Crippen LogP contribution in [0, 0.1) is 5.92 Å². The first kappa shape index (κ1) is 13.1. The summed E-state index contributed by atoms with van der Waals surface area (Å²) in [7, 11) is 0. The molecule has 0 saturated carbocycles. The van der Waals surface area contributed by atoms with Crippen molar-refractivity contribution in [1.82, 2.24) is 0 Å². The number of carbonyl (C=O) groups is 1. The second-order valence-corrected chi connectivity index (χ2v) is 2.82. The zero-order valence-electron chi connectivity index (χ0n) is 7.93. The van der Waals surface area contributed by atoms with Crippen LogP contribution < -0.4 is 0 Å². The molecule has 0 radical (unpaired) electrons. The van der Waals surface area contributed by atoms with E-state index in [2.05, 4.69) is 6.58 Å². The second kappa shape index (κ2) is 7.49. The van der Waals surface area contributed by atoms with E-state index in [-0.39, 0.29) is 26.2 Å². The van der Waals surface area contributed by atoms with Crippen LogP contribution in [0.15, 0.2) is 12.7 Å². The molecular formula is C9H16O5. The van der Waals surface area contributed by atoms with Crippen LogP contribution in [0.3, 0.4) is 0 Å². The van der Waals surface area contributed by atoms with Gasteiger partial charge in [0, 0.05) is 25.2 Å². The highest BCUT2D eigenvalue weighted by Gasteiger charge is 2.22. The predicted octanol–water partition coefficient (Wildman–Crippen LogP) is -0.933. The van der Waals surface area contributed by atoms with Crippen molar-refractivity contribution < 1.29 is 24.9 Å². The molecule has 0 rings (SSSR count). The maximum Gasteiger partial charge on any atom is 0.330 e. The van der Waals surface area contributed by atoms with E-state index in [1.807, 2.05) is 0 Å². The van der Waals surface area contributed by atoms with E-state index in [4.69, 9.17) is 20.1 Å². The van der Waals surface area contributed by atoms with E-state index in [0.29, 0.717) is 0 Å². The summed E-state index contributed by atoms with van der Waals surface area (Å²) in [4.78, 5) is 10.8. The Labute approximate surface area is 82.6 Å². The minimum Gasteiger partial charge on any atom is -0.456 e. The van der Waals surface area contributed by atoms with E-state index >= 15 is 0 Å². The van der Waals surface area contributed by atoms with Gasteiger partial charge < -0.3 is 20.1 Å². The molecule has 0 aromatic carbocycles. The molecule has 0 spiro atoms. The molecule has 5 heteroatoms. The molecule has 5 nitrogen and oxygen atoms in total. The molecule has 82 valence electrons. The Bertz CT molecular complexity index is 180. The smallest absolute Gasteiger partial charge is 0.330 e. The van der Waals surface area contributed by atoms with Gasteiger partial charge in [-0.25, -0.2) is 4.79 Å². The highest BCUT2D eigenvalue weighted by Crippen LogP contribution is 2.11. The summed E-state index contributed by atoms with van der Waals surface area (Å²) in [5, 5.41) is 26.4. The maximum absolute atomic E-state index is 10.8. The van der Waals surface area contributed by atoms with Crippen LogP contribution >= 0.6 is 0 Å². The van der Waals surface area contributed by atoms with E-state index in [9.17, 15) is 4.79 Å². The molecule has 0 aliphatic rings. The maximum atomic E-state index is 10.8. The second-order valence-electron chi connectivity index (χ2n) is 2.82. The first-order chi connectivity index (χ1) is 6.69. The zero-order chi connectivity index (χ0) is 11.0. The molecular weight excluding hydrogens is 188 g/mol. The third-order valence-electron chi connectivity index (χ3n) is 1.87. The molecule has 0 aliphatic carbocycles. The number of rotatable bonds is 7. The fourth-order valence-electron chi connectivity index (χ4n) is 1.04. The molecule has 0 aromatic heterocycles. The van der Waals surface area contributed by atoms with E-state index in [0.717, 1.165) is 6.08 Å². The predicted molar refractivity (Wildman–Crippen MR) is 49.4 cm³/mol. The molecule has 2 atom stereocenters. The summed E-state index contributed by atoms with van der Waals surface area (Å²) in [6.45, 7) is 2.44. The lowest BCUT2D eigenvalue weighted by Crippen LogP contribution is -2.32. The minimum atomic E-state index is -0.794. The van der Waals surface area contributed by atoms with Gasteiger partial charge in [-0.2, -0.15) is 0 Å². The van der Waals surface area contributed by atoms with Gasteiger partial charge in [0.2, 0.25) is 0 Å². The van der Waals surface area contributed by atoms with Gasteiger partial charge in [-0.05, 0) is 6.42 Å². The lowest BCUT2D eigenvalue weighted by atomic mass is 10.0. The summed E-state index contributed by atoms with van der Waals surface area (Å²) in [6, 6.07) is 0. The molecule has 2 unspecified atom stereocenters. The summed E-state index contributed by atoms with van der Waals surface area (Å²) < 4.78 is 4.78. The van der Waals surface area contributed by atoms with Gasteiger partial charge in [0.25, 0.3) is 0 Å². The average Bonchev–Trinajstić information content (AvgIpc) is 2.22. The van der Waals surface area contributed by atoms with Crippen molar-refractivity contribution in [1.29, 1.82) is 0 Å². The Hall–Kier alpha value is -0.910. The molecule has 0 aliphatic heterocycles. The summed E-state index contributed by atoms with van der Waals surface area (Å²) in [5.41, 5.74) is 0. The Morgan fingerprint density at radius 3 is 2.36 bits per heavy atom. The zero-order valence-corrected chi connectivity index (χ0v) is 7.93. The Morgan fingerprint density at radius 2 is 2.00 bits per heavy atom. The van der Waals surface area contributed by atoms with Crippen molar-refractivity contribution in [3.05, 3.63) is 12.7 Å². The lowest BCUT2D eigenvalue weighted by Gasteiger charge is -2.22. The largest absolute Gasteiger partial charge is 0.456 e. The SMILES string of the molecule is C=CC(=O)OC(CO)C(CO)CCO. The number of esters is 1. The van der Waals surface area contributed by atoms with Gasteiger partial charge in [0.15, 0.2) is 0 Å². The first-order valence-electron chi connectivity index (χ1n) is 4.35. The number of aliphatic hydroxyl groups excluding tert-OH is 3. The van der Waals surface area contributed by atoms with E-state index in [1.54, 1.807) is 0 Å². The first-order valence-corrected chi connectivity index (χ1v) is 4.35. The van der Waals surface area contributed by atoms with Crippen molar-refractivity contribution in [2.45, 2.75) is 12.5 Å². The van der Waals surface area contributed by atoms with Gasteiger partial charge >= 0.3 is 5.97 Å². The fourth-order valence-corrected chi connectivity index (χ4v) is 1.04. The van der Waals surface area contributed by atoms with Gasteiger partial charge in [-0.15, -0.1) is 0 Å². The third kappa shape index (κ3) is 4.36. The van der Waals surface area contributed by atoms with Crippen LogP contribution in [-0.2, 0) is 9.53 Å². The van der Waals surface area contributed by atoms with E-state index in [1.165, 1.54) is 0 Å². The lowest BCUT2D eigenvalue weighted by molar-refractivity contribution is -0.149. The van der Waals surface area contributed by atoms with Crippen LogP contribution in [0.25, 0.3) is 0 Å². The summed E-state index contributed by atoms with van der Waals surface area (Å²) in [5.74, 6) is -1.10. The molecule has 0 heterocycles. The van der Waals surface area contributed by atoms with Gasteiger partial charge in [0.05, 0.1) is 6.61 Å².